The van der Waals surface area contributed by atoms with E-state index in [1.807, 2.05) is 6.07 Å². The van der Waals surface area contributed by atoms with Crippen LogP contribution in [0.15, 0.2) is 18.2 Å². The Balaban J connectivity index is 2.56. The van der Waals surface area contributed by atoms with E-state index in [4.69, 9.17) is 9.84 Å². The Labute approximate surface area is 114 Å². The topological polar surface area (TPSA) is 41.5 Å². The minimum Gasteiger partial charge on any atom is -0.493 e. The Morgan fingerprint density at radius 2 is 1.95 bits per heavy atom. The summed E-state index contributed by atoms with van der Waals surface area (Å²) in [6.07, 6.45) is 1.47. The van der Waals surface area contributed by atoms with Gasteiger partial charge in [0, 0.05) is 24.8 Å². The number of unbranched alkanes of at least 4 members (excludes halogenated alkanes) is 1. The molecule has 0 aliphatic carbocycles. The molecule has 0 heterocycles. The van der Waals surface area contributed by atoms with Gasteiger partial charge >= 0.3 is 0 Å². The molecule has 0 radical (unpaired) electrons. The molecule has 0 fully saturated rings. The second-order valence-corrected chi connectivity index (χ2v) is 5.68. The zero-order valence-electron chi connectivity index (χ0n) is 12.0. The Morgan fingerprint density at radius 1 is 1.21 bits per heavy atom. The highest BCUT2D eigenvalue weighted by Crippen LogP contribution is 2.17. The minimum absolute atomic E-state index is 0.00549. The Bertz CT molecular complexity index is 388. The number of aliphatic hydroxyl groups is 1. The van der Waals surface area contributed by atoms with Crippen LogP contribution >= 0.6 is 0 Å². The van der Waals surface area contributed by atoms with E-state index in [2.05, 4.69) is 26.1 Å². The molecule has 19 heavy (non-hydrogen) atoms. The first kappa shape index (κ1) is 15.9. The summed E-state index contributed by atoms with van der Waals surface area (Å²) in [6, 6.07) is 4.75. The Kier molecular flexibility index (Phi) is 6.25. The Hall–Kier alpha value is -1.13. The number of hydrogen-bond donors (Lipinski definition) is 2. The monoisotopic (exact) mass is 269 g/mol. The van der Waals surface area contributed by atoms with Crippen molar-refractivity contribution in [3.8, 4) is 5.75 Å². The molecule has 0 spiro atoms. The molecule has 108 valence electrons. The van der Waals surface area contributed by atoms with Crippen LogP contribution in [0, 0.1) is 5.82 Å². The van der Waals surface area contributed by atoms with Crippen LogP contribution in [-0.4, -0.2) is 23.9 Å². The van der Waals surface area contributed by atoms with Gasteiger partial charge in [0.1, 0.15) is 11.6 Å². The van der Waals surface area contributed by atoms with Crippen LogP contribution in [0.2, 0.25) is 0 Å². The van der Waals surface area contributed by atoms with Gasteiger partial charge < -0.3 is 15.2 Å². The molecule has 0 saturated carbocycles. The van der Waals surface area contributed by atoms with Crippen LogP contribution in [0.3, 0.4) is 0 Å². The maximum absolute atomic E-state index is 13.5. The molecule has 0 saturated heterocycles. The first-order valence-electron chi connectivity index (χ1n) is 6.69. The van der Waals surface area contributed by atoms with Crippen molar-refractivity contribution < 1.29 is 14.2 Å². The standard InChI is InChI=1S/C15H24FNO2/c1-15(2,3)17-11-12-8-13(16)10-14(9-12)19-7-5-4-6-18/h8-10,17-18H,4-7,11H2,1-3H3. The van der Waals surface area contributed by atoms with Gasteiger partial charge in [0.25, 0.3) is 0 Å². The second kappa shape index (κ2) is 7.46. The third-order valence-corrected chi connectivity index (χ3v) is 2.58. The fraction of sp³-hybridized carbons (Fsp3) is 0.600. The molecule has 0 aromatic heterocycles. The summed E-state index contributed by atoms with van der Waals surface area (Å²) in [5, 5.41) is 12.0. The number of rotatable bonds is 7. The van der Waals surface area contributed by atoms with Crippen LogP contribution < -0.4 is 10.1 Å². The van der Waals surface area contributed by atoms with Gasteiger partial charge in [-0.2, -0.15) is 0 Å². The van der Waals surface area contributed by atoms with Gasteiger partial charge in [-0.1, -0.05) is 0 Å². The average molecular weight is 269 g/mol. The number of ether oxygens (including phenoxy) is 1. The highest BCUT2D eigenvalue weighted by Gasteiger charge is 2.09. The van der Waals surface area contributed by atoms with E-state index in [1.165, 1.54) is 12.1 Å². The third-order valence-electron chi connectivity index (χ3n) is 2.58. The average Bonchev–Trinajstić information content (AvgIpc) is 2.31. The van der Waals surface area contributed by atoms with Gasteiger partial charge in [0.2, 0.25) is 0 Å². The first-order chi connectivity index (χ1) is 8.90. The lowest BCUT2D eigenvalue weighted by Gasteiger charge is -2.20. The molecule has 4 heteroatoms. The van der Waals surface area contributed by atoms with Crippen molar-refractivity contribution in [1.29, 1.82) is 0 Å². The molecule has 0 atom stereocenters. The van der Waals surface area contributed by atoms with Crippen molar-refractivity contribution in [2.75, 3.05) is 13.2 Å². The lowest BCUT2D eigenvalue weighted by molar-refractivity contribution is 0.252. The third kappa shape index (κ3) is 7.13. The number of aliphatic hydroxyl groups excluding tert-OH is 1. The minimum atomic E-state index is -0.287. The summed E-state index contributed by atoms with van der Waals surface area (Å²) in [7, 11) is 0. The second-order valence-electron chi connectivity index (χ2n) is 5.68. The normalized spacial score (nSPS) is 11.6. The summed E-state index contributed by atoms with van der Waals surface area (Å²) in [4.78, 5) is 0. The molecule has 2 N–H and O–H groups in total. The van der Waals surface area contributed by atoms with Gasteiger partial charge in [-0.3, -0.25) is 0 Å². The number of hydrogen-bond acceptors (Lipinski definition) is 3. The van der Waals surface area contributed by atoms with E-state index >= 15 is 0 Å². The van der Waals surface area contributed by atoms with Gasteiger partial charge in [0.05, 0.1) is 6.61 Å². The zero-order valence-corrected chi connectivity index (χ0v) is 12.0. The molecular formula is C15H24FNO2. The number of benzene rings is 1. The van der Waals surface area contributed by atoms with E-state index in [0.29, 0.717) is 25.3 Å². The van der Waals surface area contributed by atoms with Crippen molar-refractivity contribution in [2.24, 2.45) is 0 Å². The largest absolute Gasteiger partial charge is 0.493 e. The summed E-state index contributed by atoms with van der Waals surface area (Å²) in [5.41, 5.74) is 0.862. The molecule has 0 bridgehead atoms. The van der Waals surface area contributed by atoms with Crippen molar-refractivity contribution in [1.82, 2.24) is 5.32 Å². The molecular weight excluding hydrogens is 245 g/mol. The van der Waals surface area contributed by atoms with Crippen LogP contribution in [0.5, 0.6) is 5.75 Å². The fourth-order valence-corrected chi connectivity index (χ4v) is 1.58. The SMILES string of the molecule is CC(C)(C)NCc1cc(F)cc(OCCCCO)c1. The quantitative estimate of drug-likeness (QED) is 0.748. The smallest absolute Gasteiger partial charge is 0.127 e. The lowest BCUT2D eigenvalue weighted by atomic mass is 10.1. The summed E-state index contributed by atoms with van der Waals surface area (Å²) >= 11 is 0. The molecule has 0 unspecified atom stereocenters. The number of halogens is 1. The van der Waals surface area contributed by atoms with E-state index in [-0.39, 0.29) is 18.0 Å². The summed E-state index contributed by atoms with van der Waals surface area (Å²) in [6.45, 7) is 7.47. The molecule has 1 aromatic rings. The predicted molar refractivity (Wildman–Crippen MR) is 74.8 cm³/mol. The number of nitrogens with one attached hydrogen (secondary N) is 1. The Morgan fingerprint density at radius 3 is 2.58 bits per heavy atom. The van der Waals surface area contributed by atoms with E-state index in [9.17, 15) is 4.39 Å². The first-order valence-corrected chi connectivity index (χ1v) is 6.69. The summed E-state index contributed by atoms with van der Waals surface area (Å²) in [5.74, 6) is 0.258. The summed E-state index contributed by atoms with van der Waals surface area (Å²) < 4.78 is 19.0. The maximum atomic E-state index is 13.5. The maximum Gasteiger partial charge on any atom is 0.127 e. The highest BCUT2D eigenvalue weighted by molar-refractivity contribution is 5.29. The van der Waals surface area contributed by atoms with Gasteiger partial charge in [-0.05, 0) is 51.3 Å². The van der Waals surface area contributed by atoms with E-state index in [0.717, 1.165) is 12.0 Å². The molecule has 1 rings (SSSR count). The van der Waals surface area contributed by atoms with Crippen molar-refractivity contribution in [3.05, 3.63) is 29.6 Å². The molecule has 0 amide bonds. The van der Waals surface area contributed by atoms with E-state index < -0.39 is 0 Å². The highest BCUT2D eigenvalue weighted by atomic mass is 19.1. The molecule has 1 aromatic carbocycles. The van der Waals surface area contributed by atoms with Gasteiger partial charge in [-0.15, -0.1) is 0 Å². The van der Waals surface area contributed by atoms with Crippen molar-refractivity contribution >= 4 is 0 Å². The fourth-order valence-electron chi connectivity index (χ4n) is 1.58. The van der Waals surface area contributed by atoms with Crippen molar-refractivity contribution in [2.45, 2.75) is 45.7 Å². The van der Waals surface area contributed by atoms with Crippen LogP contribution in [0.4, 0.5) is 4.39 Å². The molecule has 0 aliphatic rings. The van der Waals surface area contributed by atoms with Gasteiger partial charge in [-0.25, -0.2) is 4.39 Å². The molecule has 0 aliphatic heterocycles. The predicted octanol–water partition coefficient (Wildman–Crippen LogP) is 2.87. The molecule has 3 nitrogen and oxygen atoms in total. The van der Waals surface area contributed by atoms with Crippen molar-refractivity contribution in [3.63, 3.8) is 0 Å². The lowest BCUT2D eigenvalue weighted by Crippen LogP contribution is -2.35. The van der Waals surface area contributed by atoms with Crippen LogP contribution in [0.25, 0.3) is 0 Å². The van der Waals surface area contributed by atoms with Gasteiger partial charge in [0.15, 0.2) is 0 Å². The zero-order chi connectivity index (χ0) is 14.3. The van der Waals surface area contributed by atoms with Crippen LogP contribution in [0.1, 0.15) is 39.2 Å². The van der Waals surface area contributed by atoms with E-state index in [1.54, 1.807) is 0 Å². The van der Waals surface area contributed by atoms with Crippen LogP contribution in [-0.2, 0) is 6.54 Å².